The molecule has 32 heavy (non-hydrogen) atoms. The van der Waals surface area contributed by atoms with E-state index in [1.54, 1.807) is 0 Å². The van der Waals surface area contributed by atoms with Gasteiger partial charge in [-0.2, -0.15) is 0 Å². The standard InChI is InChI=1S/C23H22FN3O5/c1-11-5-14-7-15(10-25-20(29)9-19-22(30)27-23(31)26-19)32-21(14)17(6-11)16-8-13(12(2)28)3-4-18(16)24/h3-6,8,15,19H,7,9-10H2,1-2H3,(H,25,29)(H2,26,27,30,31)/t15-,19-/m1/s1. The summed E-state index contributed by atoms with van der Waals surface area (Å²) in [4.78, 5) is 46.7. The second kappa shape index (κ2) is 8.41. The number of nitrogens with one attached hydrogen (secondary N) is 3. The molecule has 1 fully saturated rings. The molecule has 1 saturated heterocycles. The fourth-order valence-corrected chi connectivity index (χ4v) is 3.95. The number of fused-ring (bicyclic) bond motifs is 1. The van der Waals surface area contributed by atoms with Crippen molar-refractivity contribution in [3.8, 4) is 16.9 Å². The molecule has 2 heterocycles. The maximum atomic E-state index is 14.6. The lowest BCUT2D eigenvalue weighted by atomic mass is 9.95. The molecule has 4 rings (SSSR count). The Morgan fingerprint density at radius 2 is 1.97 bits per heavy atom. The number of Topliss-reactive ketones (excluding diaryl/α,β-unsaturated/α-hetero) is 1. The van der Waals surface area contributed by atoms with Gasteiger partial charge in [-0.25, -0.2) is 9.18 Å². The van der Waals surface area contributed by atoms with Crippen molar-refractivity contribution in [1.29, 1.82) is 0 Å². The number of halogens is 1. The van der Waals surface area contributed by atoms with Crippen molar-refractivity contribution in [3.05, 3.63) is 52.8 Å². The number of carbonyl (C=O) groups excluding carboxylic acids is 4. The minimum Gasteiger partial charge on any atom is -0.487 e. The van der Waals surface area contributed by atoms with Gasteiger partial charge in [-0.15, -0.1) is 0 Å². The minimum atomic E-state index is -0.894. The number of carbonyl (C=O) groups is 4. The van der Waals surface area contributed by atoms with Crippen LogP contribution in [0.25, 0.3) is 11.1 Å². The Balaban J connectivity index is 1.48. The molecule has 2 atom stereocenters. The SMILES string of the molecule is CC(=O)c1ccc(F)c(-c2cc(C)cc3c2O[C@@H](CNC(=O)C[C@H]2NC(=O)NC2=O)C3)c1. The first-order valence-corrected chi connectivity index (χ1v) is 10.2. The zero-order valence-electron chi connectivity index (χ0n) is 17.6. The number of ketones is 1. The van der Waals surface area contributed by atoms with Crippen molar-refractivity contribution in [2.75, 3.05) is 6.54 Å². The van der Waals surface area contributed by atoms with Crippen molar-refractivity contribution in [3.63, 3.8) is 0 Å². The molecule has 0 aliphatic carbocycles. The van der Waals surface area contributed by atoms with Crippen LogP contribution in [-0.4, -0.2) is 42.3 Å². The van der Waals surface area contributed by atoms with E-state index in [1.165, 1.54) is 25.1 Å². The van der Waals surface area contributed by atoms with Gasteiger partial charge in [-0.3, -0.25) is 19.7 Å². The van der Waals surface area contributed by atoms with E-state index in [9.17, 15) is 23.6 Å². The van der Waals surface area contributed by atoms with E-state index in [4.69, 9.17) is 4.74 Å². The first-order chi connectivity index (χ1) is 15.2. The Hall–Kier alpha value is -3.75. The average Bonchev–Trinajstić information content (AvgIpc) is 3.27. The molecular weight excluding hydrogens is 417 g/mol. The summed E-state index contributed by atoms with van der Waals surface area (Å²) in [5.74, 6) is -1.03. The summed E-state index contributed by atoms with van der Waals surface area (Å²) < 4.78 is 20.7. The molecule has 8 nitrogen and oxygen atoms in total. The first kappa shape index (κ1) is 21.5. The molecule has 2 aromatic rings. The summed E-state index contributed by atoms with van der Waals surface area (Å²) in [7, 11) is 0. The largest absolute Gasteiger partial charge is 0.487 e. The second-order valence-corrected chi connectivity index (χ2v) is 8.02. The average molecular weight is 439 g/mol. The van der Waals surface area contributed by atoms with Gasteiger partial charge in [0.05, 0.1) is 13.0 Å². The van der Waals surface area contributed by atoms with Crippen LogP contribution in [0.1, 0.15) is 34.8 Å². The van der Waals surface area contributed by atoms with E-state index in [-0.39, 0.29) is 30.4 Å². The van der Waals surface area contributed by atoms with Gasteiger partial charge in [0.1, 0.15) is 23.7 Å². The van der Waals surface area contributed by atoms with Crippen molar-refractivity contribution in [1.82, 2.24) is 16.0 Å². The Morgan fingerprint density at radius 3 is 2.66 bits per heavy atom. The molecule has 4 amide bonds. The van der Waals surface area contributed by atoms with Gasteiger partial charge in [-0.05, 0) is 49.2 Å². The van der Waals surface area contributed by atoms with Crippen LogP contribution in [-0.2, 0) is 16.0 Å². The predicted molar refractivity (Wildman–Crippen MR) is 113 cm³/mol. The molecule has 9 heteroatoms. The molecule has 2 aliphatic heterocycles. The van der Waals surface area contributed by atoms with Gasteiger partial charge in [0.2, 0.25) is 5.91 Å². The molecule has 0 radical (unpaired) electrons. The van der Waals surface area contributed by atoms with E-state index in [0.717, 1.165) is 11.1 Å². The number of benzene rings is 2. The lowest BCUT2D eigenvalue weighted by Gasteiger charge is -2.15. The summed E-state index contributed by atoms with van der Waals surface area (Å²) in [6, 6.07) is 6.48. The number of ether oxygens (including phenoxy) is 1. The van der Waals surface area contributed by atoms with E-state index in [2.05, 4.69) is 16.0 Å². The molecule has 0 bridgehead atoms. The normalized spacial score (nSPS) is 19.1. The summed E-state index contributed by atoms with van der Waals surface area (Å²) in [6.45, 7) is 3.50. The number of hydrogen-bond acceptors (Lipinski definition) is 5. The summed E-state index contributed by atoms with van der Waals surface area (Å²) >= 11 is 0. The van der Waals surface area contributed by atoms with Gasteiger partial charge in [-0.1, -0.05) is 6.07 Å². The van der Waals surface area contributed by atoms with Crippen LogP contribution in [0, 0.1) is 12.7 Å². The summed E-state index contributed by atoms with van der Waals surface area (Å²) in [5.41, 5.74) is 3.04. The maximum absolute atomic E-state index is 14.6. The Morgan fingerprint density at radius 1 is 1.19 bits per heavy atom. The van der Waals surface area contributed by atoms with Crippen molar-refractivity contribution < 1.29 is 28.3 Å². The highest BCUT2D eigenvalue weighted by Gasteiger charge is 2.32. The zero-order chi connectivity index (χ0) is 23.0. The molecule has 166 valence electrons. The molecule has 3 N–H and O–H groups in total. The molecule has 2 aromatic carbocycles. The second-order valence-electron chi connectivity index (χ2n) is 8.02. The fourth-order valence-electron chi connectivity index (χ4n) is 3.95. The smallest absolute Gasteiger partial charge is 0.322 e. The van der Waals surface area contributed by atoms with Gasteiger partial charge in [0, 0.05) is 23.1 Å². The minimum absolute atomic E-state index is 0.163. The van der Waals surface area contributed by atoms with E-state index >= 15 is 0 Å². The highest BCUT2D eigenvalue weighted by atomic mass is 19.1. The molecule has 0 spiro atoms. The van der Waals surface area contributed by atoms with Gasteiger partial charge in [0.25, 0.3) is 5.91 Å². The quantitative estimate of drug-likeness (QED) is 0.471. The monoisotopic (exact) mass is 439 g/mol. The van der Waals surface area contributed by atoms with E-state index in [0.29, 0.717) is 23.3 Å². The Kier molecular flexibility index (Phi) is 5.65. The number of imide groups is 1. The van der Waals surface area contributed by atoms with Crippen LogP contribution in [0.5, 0.6) is 5.75 Å². The third-order valence-electron chi connectivity index (χ3n) is 5.48. The molecule has 0 aromatic heterocycles. The number of amides is 4. The number of aryl methyl sites for hydroxylation is 1. The van der Waals surface area contributed by atoms with Crippen LogP contribution in [0.3, 0.4) is 0 Å². The van der Waals surface area contributed by atoms with Crippen molar-refractivity contribution in [2.24, 2.45) is 0 Å². The van der Waals surface area contributed by atoms with Crippen LogP contribution in [0.4, 0.5) is 9.18 Å². The molecule has 0 saturated carbocycles. The fraction of sp³-hybridized carbons (Fsp3) is 0.304. The highest BCUT2D eigenvalue weighted by Crippen LogP contribution is 2.41. The predicted octanol–water partition coefficient (Wildman–Crippen LogP) is 2.02. The molecular formula is C23H22FN3O5. The summed E-state index contributed by atoms with van der Waals surface area (Å²) in [6.07, 6.45) is -0.0376. The first-order valence-electron chi connectivity index (χ1n) is 10.2. The van der Waals surface area contributed by atoms with Gasteiger partial charge in [0.15, 0.2) is 5.78 Å². The van der Waals surface area contributed by atoms with Crippen LogP contribution < -0.4 is 20.7 Å². The maximum Gasteiger partial charge on any atom is 0.322 e. The van der Waals surface area contributed by atoms with Crippen LogP contribution in [0.2, 0.25) is 0 Å². The number of hydrogen-bond donors (Lipinski definition) is 3. The van der Waals surface area contributed by atoms with Crippen LogP contribution >= 0.6 is 0 Å². The summed E-state index contributed by atoms with van der Waals surface area (Å²) in [5, 5.41) is 7.17. The number of urea groups is 1. The van der Waals surface area contributed by atoms with E-state index in [1.807, 2.05) is 19.1 Å². The molecule has 0 unspecified atom stereocenters. The zero-order valence-corrected chi connectivity index (χ0v) is 17.6. The van der Waals surface area contributed by atoms with Gasteiger partial charge >= 0.3 is 6.03 Å². The lowest BCUT2D eigenvalue weighted by Crippen LogP contribution is -2.39. The third-order valence-corrected chi connectivity index (χ3v) is 5.48. The molecule has 2 aliphatic rings. The number of rotatable bonds is 6. The Labute approximate surface area is 183 Å². The lowest BCUT2D eigenvalue weighted by molar-refractivity contribution is -0.126. The third kappa shape index (κ3) is 4.32. The highest BCUT2D eigenvalue weighted by molar-refractivity contribution is 6.05. The van der Waals surface area contributed by atoms with Crippen molar-refractivity contribution in [2.45, 2.75) is 38.8 Å². The van der Waals surface area contributed by atoms with E-state index < -0.39 is 29.7 Å². The van der Waals surface area contributed by atoms with Gasteiger partial charge < -0.3 is 15.4 Å². The Bertz CT molecular complexity index is 1150. The topological polar surface area (TPSA) is 114 Å². The van der Waals surface area contributed by atoms with Crippen molar-refractivity contribution >= 4 is 23.6 Å². The van der Waals surface area contributed by atoms with Crippen LogP contribution in [0.15, 0.2) is 30.3 Å².